The lowest BCUT2D eigenvalue weighted by Crippen LogP contribution is -2.12. The van der Waals surface area contributed by atoms with Crippen LogP contribution < -0.4 is 4.74 Å². The molecule has 1 aliphatic rings. The maximum absolute atomic E-state index is 5.36. The lowest BCUT2D eigenvalue weighted by atomic mass is 9.90. The highest BCUT2D eigenvalue weighted by Crippen LogP contribution is 2.26. The molecule has 0 atom stereocenters. The third-order valence-electron chi connectivity index (χ3n) is 4.85. The standard InChI is InChI=1S/C24H22N2O/c1-27-21-15-16-22-20(17-21)13-8-14-23(22)25-26-24(18-9-4-2-5-10-18)19-11-6-3-7-12-19/h2-7,9-12,15-17H,8,13-14H2,1H3. The average Bonchev–Trinajstić information content (AvgIpc) is 2.75. The summed E-state index contributed by atoms with van der Waals surface area (Å²) < 4.78 is 5.36. The number of methoxy groups -OCH3 is 1. The lowest BCUT2D eigenvalue weighted by Gasteiger charge is -2.18. The van der Waals surface area contributed by atoms with Crippen molar-refractivity contribution in [3.8, 4) is 5.75 Å². The first-order valence-corrected chi connectivity index (χ1v) is 9.28. The van der Waals surface area contributed by atoms with Crippen LogP contribution in [0, 0.1) is 0 Å². The third-order valence-corrected chi connectivity index (χ3v) is 4.85. The van der Waals surface area contributed by atoms with E-state index in [0.717, 1.165) is 47.6 Å². The van der Waals surface area contributed by atoms with Crippen LogP contribution in [0.5, 0.6) is 5.75 Å². The molecule has 0 saturated heterocycles. The van der Waals surface area contributed by atoms with Crippen LogP contribution in [0.1, 0.15) is 35.1 Å². The molecule has 0 radical (unpaired) electrons. The predicted molar refractivity (Wildman–Crippen MR) is 111 cm³/mol. The number of nitrogens with zero attached hydrogens (tertiary/aromatic N) is 2. The van der Waals surface area contributed by atoms with Crippen molar-refractivity contribution in [2.24, 2.45) is 10.2 Å². The number of ether oxygens (including phenoxy) is 1. The molecule has 0 fully saturated rings. The highest BCUT2D eigenvalue weighted by Gasteiger charge is 2.16. The second-order valence-electron chi connectivity index (χ2n) is 6.60. The smallest absolute Gasteiger partial charge is 0.119 e. The van der Waals surface area contributed by atoms with Gasteiger partial charge in [0.05, 0.1) is 12.8 Å². The molecule has 1 aliphatic carbocycles. The molecule has 27 heavy (non-hydrogen) atoms. The van der Waals surface area contributed by atoms with Gasteiger partial charge in [0, 0.05) is 16.7 Å². The molecule has 0 aromatic heterocycles. The fraction of sp³-hybridized carbons (Fsp3) is 0.167. The first kappa shape index (κ1) is 17.2. The van der Waals surface area contributed by atoms with Crippen molar-refractivity contribution in [2.45, 2.75) is 19.3 Å². The van der Waals surface area contributed by atoms with Gasteiger partial charge in [0.2, 0.25) is 0 Å². The van der Waals surface area contributed by atoms with Gasteiger partial charge in [-0.25, -0.2) is 0 Å². The molecule has 0 heterocycles. The van der Waals surface area contributed by atoms with E-state index in [4.69, 9.17) is 14.9 Å². The summed E-state index contributed by atoms with van der Waals surface area (Å²) in [5, 5.41) is 9.40. The van der Waals surface area contributed by atoms with Crippen LogP contribution in [0.15, 0.2) is 89.1 Å². The summed E-state index contributed by atoms with van der Waals surface area (Å²) in [6, 6.07) is 26.7. The minimum absolute atomic E-state index is 0.893. The Balaban J connectivity index is 1.77. The zero-order chi connectivity index (χ0) is 18.5. The first-order chi connectivity index (χ1) is 13.3. The summed E-state index contributed by atoms with van der Waals surface area (Å²) in [6.45, 7) is 0. The molecule has 3 heteroatoms. The molecule has 3 aromatic rings. The molecule has 0 N–H and O–H groups in total. The van der Waals surface area contributed by atoms with Crippen molar-refractivity contribution in [1.29, 1.82) is 0 Å². The Bertz CT molecular complexity index is 934. The Kier molecular flexibility index (Phi) is 5.10. The fourth-order valence-corrected chi connectivity index (χ4v) is 3.45. The van der Waals surface area contributed by atoms with Crippen molar-refractivity contribution < 1.29 is 4.74 Å². The minimum Gasteiger partial charge on any atom is -0.497 e. The Morgan fingerprint density at radius 1 is 0.815 bits per heavy atom. The number of hydrogen-bond acceptors (Lipinski definition) is 3. The minimum atomic E-state index is 0.893. The molecule has 3 aromatic carbocycles. The molecule has 0 bridgehead atoms. The van der Waals surface area contributed by atoms with Gasteiger partial charge in [0.1, 0.15) is 11.5 Å². The van der Waals surface area contributed by atoms with E-state index in [2.05, 4.69) is 36.4 Å². The molecule has 3 nitrogen and oxygen atoms in total. The van der Waals surface area contributed by atoms with E-state index < -0.39 is 0 Å². The van der Waals surface area contributed by atoms with Crippen molar-refractivity contribution in [2.75, 3.05) is 7.11 Å². The quantitative estimate of drug-likeness (QED) is 0.464. The molecule has 4 rings (SSSR count). The molecular formula is C24H22N2O. The Morgan fingerprint density at radius 3 is 2.11 bits per heavy atom. The van der Waals surface area contributed by atoms with Crippen LogP contribution >= 0.6 is 0 Å². The summed E-state index contributed by atoms with van der Waals surface area (Å²) in [7, 11) is 1.70. The molecule has 0 saturated carbocycles. The van der Waals surface area contributed by atoms with Gasteiger partial charge in [0.25, 0.3) is 0 Å². The van der Waals surface area contributed by atoms with Crippen molar-refractivity contribution in [3.63, 3.8) is 0 Å². The van der Waals surface area contributed by atoms with Crippen LogP contribution in [0.4, 0.5) is 0 Å². The molecule has 134 valence electrons. The third kappa shape index (κ3) is 3.82. The van der Waals surface area contributed by atoms with E-state index in [1.54, 1.807) is 7.11 Å². The van der Waals surface area contributed by atoms with Gasteiger partial charge in [0.15, 0.2) is 0 Å². The van der Waals surface area contributed by atoms with Gasteiger partial charge in [-0.15, -0.1) is 5.10 Å². The number of benzene rings is 3. The van der Waals surface area contributed by atoms with Gasteiger partial charge in [-0.05, 0) is 43.0 Å². The van der Waals surface area contributed by atoms with Crippen molar-refractivity contribution >= 4 is 11.4 Å². The number of fused-ring (bicyclic) bond motifs is 1. The fourth-order valence-electron chi connectivity index (χ4n) is 3.45. The zero-order valence-electron chi connectivity index (χ0n) is 15.4. The molecule has 0 aliphatic heterocycles. The summed E-state index contributed by atoms with van der Waals surface area (Å²) >= 11 is 0. The molecule has 0 spiro atoms. The van der Waals surface area contributed by atoms with E-state index in [9.17, 15) is 0 Å². The van der Waals surface area contributed by atoms with Crippen LogP contribution in [-0.4, -0.2) is 18.5 Å². The normalized spacial score (nSPS) is 14.5. The first-order valence-electron chi connectivity index (χ1n) is 9.28. The van der Waals surface area contributed by atoms with Crippen LogP contribution in [0.25, 0.3) is 0 Å². The number of aryl methyl sites for hydroxylation is 1. The largest absolute Gasteiger partial charge is 0.497 e. The molecule has 0 unspecified atom stereocenters. The Hall–Kier alpha value is -3.20. The van der Waals surface area contributed by atoms with E-state index >= 15 is 0 Å². The van der Waals surface area contributed by atoms with Crippen molar-refractivity contribution in [1.82, 2.24) is 0 Å². The van der Waals surface area contributed by atoms with Gasteiger partial charge in [-0.1, -0.05) is 60.7 Å². The summed E-state index contributed by atoms with van der Waals surface area (Å²) in [5.41, 5.74) is 6.55. The van der Waals surface area contributed by atoms with Gasteiger partial charge >= 0.3 is 0 Å². The van der Waals surface area contributed by atoms with Crippen LogP contribution in [0.3, 0.4) is 0 Å². The zero-order valence-corrected chi connectivity index (χ0v) is 15.4. The monoisotopic (exact) mass is 354 g/mol. The van der Waals surface area contributed by atoms with Crippen LogP contribution in [-0.2, 0) is 6.42 Å². The van der Waals surface area contributed by atoms with Gasteiger partial charge in [-0.2, -0.15) is 5.10 Å². The number of rotatable bonds is 4. The average molecular weight is 354 g/mol. The van der Waals surface area contributed by atoms with E-state index in [0.29, 0.717) is 0 Å². The van der Waals surface area contributed by atoms with E-state index in [-0.39, 0.29) is 0 Å². The topological polar surface area (TPSA) is 34.0 Å². The predicted octanol–water partition coefficient (Wildman–Crippen LogP) is 5.27. The second-order valence-corrected chi connectivity index (χ2v) is 6.60. The lowest BCUT2D eigenvalue weighted by molar-refractivity contribution is 0.414. The Labute approximate surface area is 160 Å². The van der Waals surface area contributed by atoms with E-state index in [1.165, 1.54) is 11.1 Å². The maximum atomic E-state index is 5.36. The van der Waals surface area contributed by atoms with Gasteiger partial charge in [-0.3, -0.25) is 0 Å². The maximum Gasteiger partial charge on any atom is 0.119 e. The molecular weight excluding hydrogens is 332 g/mol. The highest BCUT2D eigenvalue weighted by atomic mass is 16.5. The van der Waals surface area contributed by atoms with E-state index in [1.807, 2.05) is 42.5 Å². The summed E-state index contributed by atoms with van der Waals surface area (Å²) in [6.07, 6.45) is 3.08. The van der Waals surface area contributed by atoms with Crippen LogP contribution in [0.2, 0.25) is 0 Å². The SMILES string of the molecule is COc1ccc2c(c1)CCCC2=NN=C(c1ccccc1)c1ccccc1. The van der Waals surface area contributed by atoms with Gasteiger partial charge < -0.3 is 4.74 Å². The summed E-state index contributed by atoms with van der Waals surface area (Å²) in [5.74, 6) is 0.896. The molecule has 0 amide bonds. The van der Waals surface area contributed by atoms with Crippen molar-refractivity contribution in [3.05, 3.63) is 101 Å². The summed E-state index contributed by atoms with van der Waals surface area (Å²) in [4.78, 5) is 0. The highest BCUT2D eigenvalue weighted by molar-refractivity contribution is 6.13. The Morgan fingerprint density at radius 2 is 1.48 bits per heavy atom. The second kappa shape index (κ2) is 8.00. The number of hydrogen-bond donors (Lipinski definition) is 0.